The summed E-state index contributed by atoms with van der Waals surface area (Å²) in [5, 5.41) is 24.6. The van der Waals surface area contributed by atoms with Crippen LogP contribution in [0.25, 0.3) is 0 Å². The summed E-state index contributed by atoms with van der Waals surface area (Å²) in [5.41, 5.74) is 20.7. The number of hydrogen-bond acceptors (Lipinski definition) is 10. The van der Waals surface area contributed by atoms with Crippen molar-refractivity contribution in [3.63, 3.8) is 0 Å². The van der Waals surface area contributed by atoms with Gasteiger partial charge in [0.15, 0.2) is 5.78 Å². The number of carbonyl (C=O) groups excluding carboxylic acids is 1. The Morgan fingerprint density at radius 1 is 0.720 bits per heavy atom. The van der Waals surface area contributed by atoms with Gasteiger partial charge in [0.05, 0.1) is 41.7 Å². The molecule has 0 saturated carbocycles. The van der Waals surface area contributed by atoms with Crippen molar-refractivity contribution < 1.29 is 9.90 Å². The second-order valence-corrected chi connectivity index (χ2v) is 11.6. The van der Waals surface area contributed by atoms with Crippen LogP contribution in [0.2, 0.25) is 0 Å². The zero-order chi connectivity index (χ0) is 34.4. The van der Waals surface area contributed by atoms with Crippen LogP contribution in [0.3, 0.4) is 0 Å². The molecule has 0 spiro atoms. The maximum absolute atomic E-state index is 13.7. The Hall–Kier alpha value is -6.68. The molecule has 2 aliphatic rings. The molecule has 50 heavy (non-hydrogen) atoms. The van der Waals surface area contributed by atoms with Gasteiger partial charge in [0, 0.05) is 34.4 Å². The third-order valence-electron chi connectivity index (χ3n) is 8.00. The second kappa shape index (κ2) is 16.9. The normalized spacial score (nSPS) is 18.1. The number of rotatable bonds is 13. The van der Waals surface area contributed by atoms with Crippen LogP contribution >= 0.6 is 0 Å². The Morgan fingerprint density at radius 2 is 1.32 bits per heavy atom. The summed E-state index contributed by atoms with van der Waals surface area (Å²) in [6.45, 7) is 0. The van der Waals surface area contributed by atoms with Gasteiger partial charge in [-0.15, -0.1) is 0 Å². The topological polar surface area (TPSA) is 135 Å². The van der Waals surface area contributed by atoms with Gasteiger partial charge in [0.1, 0.15) is 5.75 Å². The molecular formula is C40H38N8O2. The number of phenols is 1. The summed E-state index contributed by atoms with van der Waals surface area (Å²) in [6, 6.07) is 32.6. The van der Waals surface area contributed by atoms with E-state index in [9.17, 15) is 9.90 Å². The first-order valence-corrected chi connectivity index (χ1v) is 16.3. The van der Waals surface area contributed by atoms with E-state index in [-0.39, 0.29) is 23.5 Å². The third-order valence-corrected chi connectivity index (χ3v) is 8.00. The lowest BCUT2D eigenvalue weighted by molar-refractivity contribution is -0.112. The number of para-hydroxylation sites is 3. The molecule has 0 heterocycles. The summed E-state index contributed by atoms with van der Waals surface area (Å²) in [6.07, 6.45) is 17.6. The van der Waals surface area contributed by atoms with E-state index in [4.69, 9.17) is 0 Å². The molecule has 4 aromatic rings. The lowest BCUT2D eigenvalue weighted by Crippen LogP contribution is -2.24. The minimum Gasteiger partial charge on any atom is -0.507 e. The number of hydrazone groups is 3. The Kier molecular flexibility index (Phi) is 11.3. The number of nitrogens with one attached hydrogen (secondary N) is 5. The molecule has 2 atom stereocenters. The average Bonchev–Trinajstić information content (AvgIpc) is 3.16. The lowest BCUT2D eigenvalue weighted by Gasteiger charge is -2.23. The zero-order valence-electron chi connectivity index (χ0n) is 27.3. The van der Waals surface area contributed by atoms with E-state index in [0.717, 1.165) is 29.0 Å². The van der Waals surface area contributed by atoms with Gasteiger partial charge >= 0.3 is 0 Å². The van der Waals surface area contributed by atoms with Gasteiger partial charge < -0.3 is 21.4 Å². The van der Waals surface area contributed by atoms with E-state index in [1.807, 2.05) is 127 Å². The Labute approximate surface area is 291 Å². The van der Waals surface area contributed by atoms with Gasteiger partial charge in [-0.1, -0.05) is 85.0 Å². The van der Waals surface area contributed by atoms with Gasteiger partial charge in [0.25, 0.3) is 0 Å². The summed E-state index contributed by atoms with van der Waals surface area (Å²) in [5.74, 6) is -0.345. The van der Waals surface area contributed by atoms with Crippen molar-refractivity contribution in [2.24, 2.45) is 15.3 Å². The molecule has 0 fully saturated rings. The molecular weight excluding hydrogens is 624 g/mol. The van der Waals surface area contributed by atoms with Gasteiger partial charge in [-0.2, -0.15) is 15.3 Å². The van der Waals surface area contributed by atoms with Crippen molar-refractivity contribution in [1.29, 1.82) is 0 Å². The number of allylic oxidation sites excluding steroid dienone is 5. The third kappa shape index (κ3) is 9.23. The molecule has 0 radical (unpaired) electrons. The second-order valence-electron chi connectivity index (χ2n) is 11.6. The molecule has 250 valence electrons. The number of carbonyl (C=O) groups is 1. The lowest BCUT2D eigenvalue weighted by atomic mass is 9.81. The summed E-state index contributed by atoms with van der Waals surface area (Å²) in [7, 11) is 0. The quantitative estimate of drug-likeness (QED) is 0.0506. The maximum atomic E-state index is 13.7. The van der Waals surface area contributed by atoms with Crippen LogP contribution in [0.1, 0.15) is 35.4 Å². The summed E-state index contributed by atoms with van der Waals surface area (Å²) in [4.78, 5) is 13.7. The van der Waals surface area contributed by atoms with Crippen LogP contribution in [-0.4, -0.2) is 35.6 Å². The first-order chi connectivity index (χ1) is 24.6. The van der Waals surface area contributed by atoms with Crippen molar-refractivity contribution in [3.8, 4) is 5.75 Å². The SMILES string of the molecule is O=C1C(/C=N/NC2C=CC=CC2)=CC(c2cc(/C=N/Nc3ccccc3)c(O)c(/C=N/Nc3ccccc3)c2)CC1=CNNc1ccccc1. The largest absolute Gasteiger partial charge is 0.507 e. The fourth-order valence-corrected chi connectivity index (χ4v) is 5.41. The molecule has 0 aliphatic heterocycles. The highest BCUT2D eigenvalue weighted by atomic mass is 16.3. The maximum Gasteiger partial charge on any atom is 0.191 e. The van der Waals surface area contributed by atoms with Crippen molar-refractivity contribution in [1.82, 2.24) is 10.9 Å². The number of ketones is 1. The molecule has 6 rings (SSSR count). The van der Waals surface area contributed by atoms with Crippen LogP contribution in [0.5, 0.6) is 5.75 Å². The number of Topliss-reactive ketones (excluding diaryl/α,β-unsaturated/α-hetero) is 1. The number of hydrazine groups is 1. The number of hydrogen-bond donors (Lipinski definition) is 6. The predicted molar refractivity (Wildman–Crippen MR) is 203 cm³/mol. The number of nitrogens with zero attached hydrogens (tertiary/aromatic N) is 3. The van der Waals surface area contributed by atoms with Crippen molar-refractivity contribution in [3.05, 3.63) is 168 Å². The summed E-state index contributed by atoms with van der Waals surface area (Å²) < 4.78 is 0. The predicted octanol–water partition coefficient (Wildman–Crippen LogP) is 7.23. The van der Waals surface area contributed by atoms with Crippen molar-refractivity contribution in [2.75, 3.05) is 16.3 Å². The molecule has 0 bridgehead atoms. The van der Waals surface area contributed by atoms with E-state index in [0.29, 0.717) is 28.7 Å². The standard InChI is InChI=1S/C40H38N8O2/c49-39-31(25-41-45-35-13-5-1-6-14-35)21-29(22-32(39)26-42-46-36-15-7-2-8-16-36)30-23-33(27-43-47-37-17-9-3-10-18-37)40(50)34(24-30)28-44-48-38-19-11-4-12-20-38/h1-19,21-22,24-28,30,38,43,45-49H,20,23H2/b33-27?,41-25+,42-26+,44-28+. The molecule has 2 unspecified atom stereocenters. The van der Waals surface area contributed by atoms with Crippen LogP contribution in [0.15, 0.2) is 166 Å². The van der Waals surface area contributed by atoms with E-state index < -0.39 is 0 Å². The van der Waals surface area contributed by atoms with Crippen molar-refractivity contribution >= 4 is 41.5 Å². The van der Waals surface area contributed by atoms with Crippen LogP contribution in [-0.2, 0) is 4.79 Å². The van der Waals surface area contributed by atoms with Gasteiger partial charge in [-0.3, -0.25) is 15.6 Å². The fourth-order valence-electron chi connectivity index (χ4n) is 5.41. The Morgan fingerprint density at radius 3 is 1.90 bits per heavy atom. The van der Waals surface area contributed by atoms with E-state index in [1.54, 1.807) is 24.8 Å². The summed E-state index contributed by atoms with van der Waals surface area (Å²) >= 11 is 0. The fraction of sp³-hybridized carbons (Fsp3) is 0.100. The minimum absolute atomic E-state index is 0.0203. The number of phenolic OH excluding ortho intramolecular Hbond substituents is 1. The molecule has 4 aromatic carbocycles. The molecule has 0 aromatic heterocycles. The van der Waals surface area contributed by atoms with Gasteiger partial charge in [-0.05, 0) is 66.9 Å². The number of benzene rings is 4. The highest BCUT2D eigenvalue weighted by Gasteiger charge is 2.27. The van der Waals surface area contributed by atoms with E-state index in [2.05, 4.69) is 48.5 Å². The van der Waals surface area contributed by atoms with Gasteiger partial charge in [0.2, 0.25) is 0 Å². The zero-order valence-corrected chi connectivity index (χ0v) is 27.3. The van der Waals surface area contributed by atoms with Crippen LogP contribution in [0, 0.1) is 0 Å². The Balaban J connectivity index is 1.32. The smallest absolute Gasteiger partial charge is 0.191 e. The monoisotopic (exact) mass is 662 g/mol. The van der Waals surface area contributed by atoms with Gasteiger partial charge in [-0.25, -0.2) is 0 Å². The molecule has 10 nitrogen and oxygen atoms in total. The molecule has 6 N–H and O–H groups in total. The van der Waals surface area contributed by atoms with E-state index >= 15 is 0 Å². The molecule has 0 saturated heterocycles. The highest BCUT2D eigenvalue weighted by Crippen LogP contribution is 2.35. The first kappa shape index (κ1) is 33.2. The first-order valence-electron chi connectivity index (χ1n) is 16.3. The number of aromatic hydroxyl groups is 1. The van der Waals surface area contributed by atoms with Crippen LogP contribution < -0.4 is 27.1 Å². The van der Waals surface area contributed by atoms with Crippen molar-refractivity contribution in [2.45, 2.75) is 24.8 Å². The van der Waals surface area contributed by atoms with Crippen LogP contribution in [0.4, 0.5) is 17.1 Å². The highest BCUT2D eigenvalue weighted by molar-refractivity contribution is 6.21. The minimum atomic E-state index is -0.236. The molecule has 10 heteroatoms. The average molecular weight is 663 g/mol. The molecule has 0 amide bonds. The van der Waals surface area contributed by atoms with E-state index in [1.165, 1.54) is 0 Å². The molecule has 2 aliphatic carbocycles. The number of anilines is 3. The Bertz CT molecular complexity index is 1890.